The first-order chi connectivity index (χ1) is 14.0. The van der Waals surface area contributed by atoms with Gasteiger partial charge in [-0.15, -0.1) is 0 Å². The molecule has 2 aromatic carbocycles. The van der Waals surface area contributed by atoms with Crippen molar-refractivity contribution < 1.29 is 14.3 Å². The molecule has 4 rings (SSSR count). The Labute approximate surface area is 173 Å². The number of methoxy groups -OCH3 is 1. The maximum absolute atomic E-state index is 12.6. The van der Waals surface area contributed by atoms with Crippen molar-refractivity contribution in [2.45, 2.75) is 13.2 Å². The van der Waals surface area contributed by atoms with Gasteiger partial charge in [-0.3, -0.25) is 14.2 Å². The Morgan fingerprint density at radius 3 is 2.72 bits per heavy atom. The van der Waals surface area contributed by atoms with Crippen LogP contribution in [0.1, 0.15) is 5.56 Å². The lowest BCUT2D eigenvalue weighted by Crippen LogP contribution is -2.25. The zero-order valence-electron chi connectivity index (χ0n) is 15.8. The fourth-order valence-corrected chi connectivity index (χ4v) is 3.67. The van der Waals surface area contributed by atoms with E-state index in [2.05, 4.69) is 26.0 Å². The molecule has 0 aliphatic heterocycles. The molecular weight excluding hydrogens is 440 g/mol. The van der Waals surface area contributed by atoms with Gasteiger partial charge in [-0.2, -0.15) is 5.10 Å². The van der Waals surface area contributed by atoms with E-state index < -0.39 is 5.97 Å². The summed E-state index contributed by atoms with van der Waals surface area (Å²) < 4.78 is 13.7. The summed E-state index contributed by atoms with van der Waals surface area (Å²) in [5, 5.41) is 6.50. The number of esters is 1. The van der Waals surface area contributed by atoms with E-state index in [0.29, 0.717) is 15.6 Å². The Morgan fingerprint density at radius 2 is 1.93 bits per heavy atom. The number of aryl methyl sites for hydroxylation is 1. The zero-order chi connectivity index (χ0) is 20.5. The molecule has 0 saturated heterocycles. The largest absolute Gasteiger partial charge is 0.497 e. The number of hydrogen-bond donors (Lipinski definition) is 0. The highest BCUT2D eigenvalue weighted by Crippen LogP contribution is 2.22. The van der Waals surface area contributed by atoms with E-state index in [0.717, 1.165) is 22.1 Å². The molecule has 0 unspecified atom stereocenters. The van der Waals surface area contributed by atoms with E-state index in [1.165, 1.54) is 15.6 Å². The number of aromatic nitrogens is 4. The SMILES string of the molecule is COc1ccc2cc(COC(=O)Cn3cnc4c(c(Br)nn4C)c3=O)ccc2c1. The Hall–Kier alpha value is -3.20. The normalized spacial score (nSPS) is 11.1. The lowest BCUT2D eigenvalue weighted by Gasteiger charge is -2.08. The average Bonchev–Trinajstić information content (AvgIpc) is 3.02. The van der Waals surface area contributed by atoms with Crippen LogP contribution >= 0.6 is 15.9 Å². The summed E-state index contributed by atoms with van der Waals surface area (Å²) in [6, 6.07) is 11.6. The molecule has 0 saturated carbocycles. The van der Waals surface area contributed by atoms with Crippen LogP contribution in [-0.2, 0) is 29.7 Å². The summed E-state index contributed by atoms with van der Waals surface area (Å²) in [4.78, 5) is 29.0. The summed E-state index contributed by atoms with van der Waals surface area (Å²) in [6.45, 7) is -0.115. The molecule has 0 aliphatic rings. The van der Waals surface area contributed by atoms with Crippen molar-refractivity contribution in [3.05, 3.63) is 63.2 Å². The monoisotopic (exact) mass is 456 g/mol. The number of benzene rings is 2. The quantitative estimate of drug-likeness (QED) is 0.429. The van der Waals surface area contributed by atoms with E-state index in [1.54, 1.807) is 14.2 Å². The third-order valence-corrected chi connectivity index (χ3v) is 5.13. The maximum Gasteiger partial charge on any atom is 0.326 e. The predicted molar refractivity (Wildman–Crippen MR) is 111 cm³/mol. The van der Waals surface area contributed by atoms with E-state index in [1.807, 2.05) is 36.4 Å². The Morgan fingerprint density at radius 1 is 1.17 bits per heavy atom. The van der Waals surface area contributed by atoms with Crippen molar-refractivity contribution in [2.24, 2.45) is 7.05 Å². The van der Waals surface area contributed by atoms with Gasteiger partial charge in [0.2, 0.25) is 0 Å². The molecule has 0 atom stereocenters. The molecule has 0 aliphatic carbocycles. The molecule has 0 amide bonds. The van der Waals surface area contributed by atoms with Crippen molar-refractivity contribution >= 4 is 43.7 Å². The Bertz CT molecular complexity index is 1300. The molecule has 0 bridgehead atoms. The molecule has 2 aromatic heterocycles. The predicted octanol–water partition coefficient (Wildman–Crippen LogP) is 2.80. The number of rotatable bonds is 5. The van der Waals surface area contributed by atoms with Crippen molar-refractivity contribution in [3.8, 4) is 5.75 Å². The van der Waals surface area contributed by atoms with Gasteiger partial charge in [0.15, 0.2) is 5.65 Å². The maximum atomic E-state index is 12.6. The van der Waals surface area contributed by atoms with E-state index in [4.69, 9.17) is 9.47 Å². The van der Waals surface area contributed by atoms with Gasteiger partial charge in [0.1, 0.15) is 35.2 Å². The summed E-state index contributed by atoms with van der Waals surface area (Å²) in [7, 11) is 3.32. The van der Waals surface area contributed by atoms with Crippen molar-refractivity contribution in [1.82, 2.24) is 19.3 Å². The third-order valence-electron chi connectivity index (χ3n) is 4.58. The number of carbonyl (C=O) groups excluding carboxylic acids is 1. The first-order valence-electron chi connectivity index (χ1n) is 8.76. The van der Waals surface area contributed by atoms with E-state index in [-0.39, 0.29) is 18.7 Å². The minimum atomic E-state index is -0.525. The van der Waals surface area contributed by atoms with Crippen LogP contribution in [0.3, 0.4) is 0 Å². The molecule has 0 spiro atoms. The van der Waals surface area contributed by atoms with Crippen LogP contribution in [0.4, 0.5) is 0 Å². The second-order valence-electron chi connectivity index (χ2n) is 6.50. The van der Waals surface area contributed by atoms with Gasteiger partial charge in [-0.1, -0.05) is 18.2 Å². The topological polar surface area (TPSA) is 88.2 Å². The van der Waals surface area contributed by atoms with Gasteiger partial charge in [-0.25, -0.2) is 9.67 Å². The highest BCUT2D eigenvalue weighted by molar-refractivity contribution is 9.10. The Kier molecular flexibility index (Phi) is 5.06. The lowest BCUT2D eigenvalue weighted by atomic mass is 10.1. The van der Waals surface area contributed by atoms with Gasteiger partial charge < -0.3 is 9.47 Å². The van der Waals surface area contributed by atoms with E-state index >= 15 is 0 Å². The molecule has 0 radical (unpaired) electrons. The number of halogens is 1. The number of ether oxygens (including phenoxy) is 2. The molecule has 29 heavy (non-hydrogen) atoms. The lowest BCUT2D eigenvalue weighted by molar-refractivity contribution is -0.145. The van der Waals surface area contributed by atoms with Crippen LogP contribution in [0.25, 0.3) is 21.8 Å². The second kappa shape index (κ2) is 7.67. The summed E-state index contributed by atoms with van der Waals surface area (Å²) in [5.41, 5.74) is 0.942. The smallest absolute Gasteiger partial charge is 0.326 e. The molecule has 4 aromatic rings. The summed E-state index contributed by atoms with van der Waals surface area (Å²) in [6.07, 6.45) is 1.32. The van der Waals surface area contributed by atoms with Crippen LogP contribution < -0.4 is 10.3 Å². The third kappa shape index (κ3) is 3.73. The molecule has 0 N–H and O–H groups in total. The first-order valence-corrected chi connectivity index (χ1v) is 9.55. The fraction of sp³-hybridized carbons (Fsp3) is 0.200. The molecule has 8 nitrogen and oxygen atoms in total. The van der Waals surface area contributed by atoms with Crippen LogP contribution in [0.5, 0.6) is 5.75 Å². The molecule has 0 fully saturated rings. The van der Waals surface area contributed by atoms with Crippen molar-refractivity contribution in [2.75, 3.05) is 7.11 Å². The van der Waals surface area contributed by atoms with Crippen LogP contribution in [0, 0.1) is 0 Å². The van der Waals surface area contributed by atoms with Gasteiger partial charge in [-0.05, 0) is 50.5 Å². The Balaban J connectivity index is 1.47. The van der Waals surface area contributed by atoms with Crippen molar-refractivity contribution in [3.63, 3.8) is 0 Å². The average molecular weight is 457 g/mol. The van der Waals surface area contributed by atoms with Crippen LogP contribution in [-0.4, -0.2) is 32.4 Å². The van der Waals surface area contributed by atoms with Gasteiger partial charge in [0.05, 0.1) is 7.11 Å². The van der Waals surface area contributed by atoms with Gasteiger partial charge in [0.25, 0.3) is 5.56 Å². The van der Waals surface area contributed by atoms with Crippen LogP contribution in [0.2, 0.25) is 0 Å². The highest BCUT2D eigenvalue weighted by Gasteiger charge is 2.15. The van der Waals surface area contributed by atoms with Crippen LogP contribution in [0.15, 0.2) is 52.1 Å². The zero-order valence-corrected chi connectivity index (χ0v) is 17.3. The molecule has 9 heteroatoms. The standard InChI is InChI=1S/C20H17BrN4O4/c1-24-19-17(18(21)23-24)20(27)25(11-22-19)9-16(26)29-10-12-3-4-14-8-15(28-2)6-5-13(14)7-12/h3-8,11H,9-10H2,1-2H3. The number of hydrogen-bond acceptors (Lipinski definition) is 6. The summed E-state index contributed by atoms with van der Waals surface area (Å²) >= 11 is 3.25. The van der Waals surface area contributed by atoms with Gasteiger partial charge >= 0.3 is 5.97 Å². The summed E-state index contributed by atoms with van der Waals surface area (Å²) in [5.74, 6) is 0.260. The molecule has 2 heterocycles. The number of fused-ring (bicyclic) bond motifs is 2. The highest BCUT2D eigenvalue weighted by atomic mass is 79.9. The fourth-order valence-electron chi connectivity index (χ4n) is 3.09. The van der Waals surface area contributed by atoms with Gasteiger partial charge in [0, 0.05) is 7.05 Å². The first kappa shape index (κ1) is 19.1. The number of carbonyl (C=O) groups is 1. The number of nitrogens with zero attached hydrogens (tertiary/aromatic N) is 4. The minimum Gasteiger partial charge on any atom is -0.497 e. The second-order valence-corrected chi connectivity index (χ2v) is 7.25. The molecular formula is C20H17BrN4O4. The minimum absolute atomic E-state index is 0.113. The van der Waals surface area contributed by atoms with E-state index in [9.17, 15) is 9.59 Å². The van der Waals surface area contributed by atoms with Crippen molar-refractivity contribution in [1.29, 1.82) is 0 Å². The molecule has 148 valence electrons.